The van der Waals surface area contributed by atoms with Crippen molar-refractivity contribution in [1.29, 1.82) is 0 Å². The summed E-state index contributed by atoms with van der Waals surface area (Å²) < 4.78 is 27.8. The van der Waals surface area contributed by atoms with Crippen molar-refractivity contribution in [1.82, 2.24) is 0 Å². The first-order valence-electron chi connectivity index (χ1n) is 9.19. The van der Waals surface area contributed by atoms with Gasteiger partial charge in [-0.15, -0.1) is 0 Å². The zero-order valence-electron chi connectivity index (χ0n) is 15.5. The Morgan fingerprint density at radius 3 is 2.34 bits per heavy atom. The quantitative estimate of drug-likeness (QED) is 0.616. The van der Waals surface area contributed by atoms with Gasteiger partial charge in [0.1, 0.15) is 6.54 Å². The number of sulfonamides is 1. The van der Waals surface area contributed by atoms with Crippen molar-refractivity contribution in [3.05, 3.63) is 89.4 Å². The van der Waals surface area contributed by atoms with E-state index in [1.165, 1.54) is 12.1 Å². The van der Waals surface area contributed by atoms with E-state index in [0.717, 1.165) is 22.0 Å². The number of hydrogen-bond donors (Lipinski definition) is 0. The number of nitrogens with zero attached hydrogens (tertiary/aromatic N) is 2. The number of para-hydroxylation sites is 2. The first-order valence-corrected chi connectivity index (χ1v) is 11.0. The molecule has 29 heavy (non-hydrogen) atoms. The highest BCUT2D eigenvalue weighted by Gasteiger charge is 2.32. The number of amides is 1. The Balaban J connectivity index is 1.72. The van der Waals surface area contributed by atoms with Crippen LogP contribution in [0.5, 0.6) is 0 Å². The third kappa shape index (κ3) is 3.73. The molecule has 0 atom stereocenters. The molecule has 4 rings (SSSR count). The number of anilines is 2. The van der Waals surface area contributed by atoms with Crippen LogP contribution in [0.15, 0.2) is 83.8 Å². The molecule has 0 aromatic heterocycles. The van der Waals surface area contributed by atoms with E-state index in [9.17, 15) is 13.2 Å². The topological polar surface area (TPSA) is 57.7 Å². The van der Waals surface area contributed by atoms with Crippen LogP contribution in [0.2, 0.25) is 5.02 Å². The van der Waals surface area contributed by atoms with Crippen LogP contribution in [0.4, 0.5) is 11.4 Å². The predicted molar refractivity (Wildman–Crippen MR) is 115 cm³/mol. The maximum atomic E-state index is 13.4. The fourth-order valence-corrected chi connectivity index (χ4v) is 5.22. The second-order valence-electron chi connectivity index (χ2n) is 6.70. The Kier molecular flexibility index (Phi) is 5.30. The van der Waals surface area contributed by atoms with Gasteiger partial charge in [0.25, 0.3) is 10.0 Å². The summed E-state index contributed by atoms with van der Waals surface area (Å²) in [6.45, 7) is 0.190. The van der Waals surface area contributed by atoms with Crippen LogP contribution < -0.4 is 9.21 Å². The van der Waals surface area contributed by atoms with E-state index < -0.39 is 10.0 Å². The minimum atomic E-state index is -3.98. The Bertz CT molecular complexity index is 1150. The summed E-state index contributed by atoms with van der Waals surface area (Å²) >= 11 is 6.31. The molecule has 1 aliphatic rings. The summed E-state index contributed by atoms with van der Waals surface area (Å²) in [6.07, 6.45) is 0.749. The fourth-order valence-electron chi connectivity index (χ4n) is 3.48. The molecular formula is C22H19ClN2O3S. The lowest BCUT2D eigenvalue weighted by atomic mass is 10.2. The number of rotatable bonds is 5. The number of carbonyl (C=O) groups is 1. The van der Waals surface area contributed by atoms with Gasteiger partial charge in [-0.1, -0.05) is 60.1 Å². The van der Waals surface area contributed by atoms with Gasteiger partial charge in [0.05, 0.1) is 15.6 Å². The van der Waals surface area contributed by atoms with Crippen LogP contribution in [0, 0.1) is 0 Å². The monoisotopic (exact) mass is 426 g/mol. The lowest BCUT2D eigenvalue weighted by molar-refractivity contribution is -0.117. The molecule has 0 saturated heterocycles. The molecule has 0 fully saturated rings. The van der Waals surface area contributed by atoms with Crippen molar-refractivity contribution in [2.45, 2.75) is 11.3 Å². The molecule has 0 spiro atoms. The molecule has 0 aliphatic carbocycles. The maximum Gasteiger partial charge on any atom is 0.264 e. The standard InChI is InChI=1S/C22H19ClN2O3S/c23-19-11-5-7-13-21(19)25(29(27,28)18-9-2-1-3-10-18)16-22(26)24-15-14-17-8-4-6-12-20(17)24/h1-13H,14-16H2. The number of fused-ring (bicyclic) bond motifs is 1. The first kappa shape index (κ1) is 19.5. The average molecular weight is 427 g/mol. The maximum absolute atomic E-state index is 13.4. The van der Waals surface area contributed by atoms with Crippen LogP contribution in [-0.4, -0.2) is 27.4 Å². The van der Waals surface area contributed by atoms with E-state index in [-0.39, 0.29) is 28.1 Å². The normalized spacial score (nSPS) is 13.2. The zero-order valence-corrected chi connectivity index (χ0v) is 17.1. The summed E-state index contributed by atoms with van der Waals surface area (Å²) in [4.78, 5) is 14.9. The van der Waals surface area contributed by atoms with Gasteiger partial charge in [-0.2, -0.15) is 0 Å². The van der Waals surface area contributed by atoms with Crippen molar-refractivity contribution in [2.24, 2.45) is 0 Å². The lowest BCUT2D eigenvalue weighted by Crippen LogP contribution is -2.42. The van der Waals surface area contributed by atoms with E-state index >= 15 is 0 Å². The molecular weight excluding hydrogens is 408 g/mol. The summed E-state index contributed by atoms with van der Waals surface area (Å²) in [5.74, 6) is -0.297. The van der Waals surface area contributed by atoms with Crippen molar-refractivity contribution in [3.63, 3.8) is 0 Å². The molecule has 1 amide bonds. The van der Waals surface area contributed by atoms with E-state index in [0.29, 0.717) is 6.54 Å². The summed E-state index contributed by atoms with van der Waals surface area (Å²) in [5.41, 5.74) is 2.18. The van der Waals surface area contributed by atoms with Crippen molar-refractivity contribution in [2.75, 3.05) is 22.3 Å². The molecule has 3 aromatic rings. The molecule has 0 unspecified atom stereocenters. The molecule has 0 N–H and O–H groups in total. The molecule has 148 valence electrons. The van der Waals surface area contributed by atoms with Gasteiger partial charge in [-0.05, 0) is 42.3 Å². The van der Waals surface area contributed by atoms with Crippen molar-refractivity contribution >= 4 is 38.9 Å². The highest BCUT2D eigenvalue weighted by atomic mass is 35.5. The van der Waals surface area contributed by atoms with Crippen molar-refractivity contribution in [3.8, 4) is 0 Å². The van der Waals surface area contributed by atoms with Gasteiger partial charge < -0.3 is 4.90 Å². The molecule has 0 saturated carbocycles. The lowest BCUT2D eigenvalue weighted by Gasteiger charge is -2.27. The molecule has 3 aromatic carbocycles. The number of benzene rings is 3. The highest BCUT2D eigenvalue weighted by molar-refractivity contribution is 7.92. The Hall–Kier alpha value is -2.83. The molecule has 1 heterocycles. The second kappa shape index (κ2) is 7.89. The third-order valence-corrected chi connectivity index (χ3v) is 7.01. The minimum Gasteiger partial charge on any atom is -0.310 e. The number of halogens is 1. The fraction of sp³-hybridized carbons (Fsp3) is 0.136. The zero-order chi connectivity index (χ0) is 20.4. The Labute approximate surface area is 175 Å². The first-order chi connectivity index (χ1) is 14.0. The van der Waals surface area contributed by atoms with E-state index in [4.69, 9.17) is 11.6 Å². The molecule has 5 nitrogen and oxygen atoms in total. The number of hydrogen-bond acceptors (Lipinski definition) is 3. The largest absolute Gasteiger partial charge is 0.310 e. The van der Waals surface area contributed by atoms with Gasteiger partial charge in [0.2, 0.25) is 5.91 Å². The summed E-state index contributed by atoms with van der Waals surface area (Å²) in [6, 6.07) is 22.4. The van der Waals surface area contributed by atoms with Gasteiger partial charge in [-0.25, -0.2) is 8.42 Å². The van der Waals surface area contributed by atoms with Crippen LogP contribution >= 0.6 is 11.6 Å². The number of carbonyl (C=O) groups excluding carboxylic acids is 1. The Morgan fingerprint density at radius 1 is 0.931 bits per heavy atom. The molecule has 1 aliphatic heterocycles. The minimum absolute atomic E-state index is 0.106. The van der Waals surface area contributed by atoms with E-state index in [1.807, 2.05) is 24.3 Å². The molecule has 0 bridgehead atoms. The van der Waals surface area contributed by atoms with Gasteiger partial charge in [-0.3, -0.25) is 9.10 Å². The van der Waals surface area contributed by atoms with Gasteiger partial charge >= 0.3 is 0 Å². The smallest absolute Gasteiger partial charge is 0.264 e. The predicted octanol–water partition coefficient (Wildman–Crippen LogP) is 4.12. The average Bonchev–Trinajstić information content (AvgIpc) is 3.17. The highest BCUT2D eigenvalue weighted by Crippen LogP contribution is 2.32. The summed E-state index contributed by atoms with van der Waals surface area (Å²) in [7, 11) is -3.98. The van der Waals surface area contributed by atoms with Crippen LogP contribution in [0.3, 0.4) is 0 Å². The SMILES string of the molecule is O=C(CN(c1ccccc1Cl)S(=O)(=O)c1ccccc1)N1CCc2ccccc21. The van der Waals surface area contributed by atoms with Crippen LogP contribution in [0.1, 0.15) is 5.56 Å². The van der Waals surface area contributed by atoms with Crippen molar-refractivity contribution < 1.29 is 13.2 Å². The van der Waals surface area contributed by atoms with Gasteiger partial charge in [0, 0.05) is 12.2 Å². The summed E-state index contributed by atoms with van der Waals surface area (Å²) in [5, 5.41) is 0.265. The molecule has 0 radical (unpaired) electrons. The third-order valence-electron chi connectivity index (χ3n) is 4.92. The van der Waals surface area contributed by atoms with E-state index in [1.54, 1.807) is 47.4 Å². The Morgan fingerprint density at radius 2 is 1.59 bits per heavy atom. The van der Waals surface area contributed by atoms with Crippen LogP contribution in [-0.2, 0) is 21.2 Å². The van der Waals surface area contributed by atoms with Crippen LogP contribution in [0.25, 0.3) is 0 Å². The van der Waals surface area contributed by atoms with Gasteiger partial charge in [0.15, 0.2) is 0 Å². The van der Waals surface area contributed by atoms with E-state index in [2.05, 4.69) is 0 Å². The molecule has 7 heteroatoms. The second-order valence-corrected chi connectivity index (χ2v) is 8.97.